The molecule has 4 nitrogen and oxygen atoms in total. The van der Waals surface area contributed by atoms with Crippen LogP contribution in [0.25, 0.3) is 11.0 Å². The third-order valence-electron chi connectivity index (χ3n) is 3.05. The van der Waals surface area contributed by atoms with E-state index < -0.39 is 0 Å². The van der Waals surface area contributed by atoms with Crippen LogP contribution in [-0.2, 0) is 6.42 Å². The number of rotatable bonds is 3. The standard InChI is InChI=1S/C13H16N2O2/c1-3-4-7-11-10(2)14(16)12-8-5-6-9-13(12)15(11)17/h5-6,8-9H,3-4,7H2,1-2H3. The molecule has 0 saturated heterocycles. The highest BCUT2D eigenvalue weighted by Crippen LogP contribution is 2.14. The lowest BCUT2D eigenvalue weighted by molar-refractivity contribution is -0.476. The van der Waals surface area contributed by atoms with Crippen LogP contribution < -0.4 is 4.43 Å². The third kappa shape index (κ3) is 1.90. The summed E-state index contributed by atoms with van der Waals surface area (Å²) in [5.74, 6) is 0. The number of hydrogen-bond donors (Lipinski definition) is 0. The van der Waals surface area contributed by atoms with Gasteiger partial charge in [-0.3, -0.25) is 0 Å². The summed E-state index contributed by atoms with van der Waals surface area (Å²) < 4.78 is 1.75. The summed E-state index contributed by atoms with van der Waals surface area (Å²) in [5, 5.41) is 12.0. The van der Waals surface area contributed by atoms with Crippen molar-refractivity contribution in [3.63, 3.8) is 0 Å². The maximum atomic E-state index is 12.2. The highest BCUT2D eigenvalue weighted by Gasteiger charge is 2.18. The Morgan fingerprint density at radius 3 is 2.76 bits per heavy atom. The molecular formula is C13H16N2O2. The highest BCUT2D eigenvalue weighted by atomic mass is 16.5. The predicted octanol–water partition coefficient (Wildman–Crippen LogP) is 2.55. The minimum absolute atomic E-state index is 0.431. The number of nitrogens with zero attached hydrogens (tertiary/aromatic N) is 2. The van der Waals surface area contributed by atoms with Gasteiger partial charge in [0, 0.05) is 17.4 Å². The molecule has 4 heteroatoms. The molecule has 0 unspecified atom stereocenters. The van der Waals surface area contributed by atoms with Crippen molar-refractivity contribution in [1.29, 1.82) is 0 Å². The molecule has 0 amide bonds. The second kappa shape index (κ2) is 4.57. The lowest BCUT2D eigenvalue weighted by atomic mass is 10.1. The van der Waals surface area contributed by atoms with E-state index in [1.165, 1.54) is 0 Å². The van der Waals surface area contributed by atoms with E-state index in [-0.39, 0.29) is 0 Å². The molecule has 2 rings (SSSR count). The number of fused-ring (bicyclic) bond motifs is 1. The van der Waals surface area contributed by atoms with Crippen molar-refractivity contribution in [1.82, 2.24) is 4.73 Å². The van der Waals surface area contributed by atoms with Crippen LogP contribution in [0.3, 0.4) is 0 Å². The summed E-state index contributed by atoms with van der Waals surface area (Å²) in [6, 6.07) is 6.90. The Bertz CT molecular complexity index is 602. The van der Waals surface area contributed by atoms with Gasteiger partial charge >= 0.3 is 0 Å². The van der Waals surface area contributed by atoms with Gasteiger partial charge in [0.1, 0.15) is 5.52 Å². The summed E-state index contributed by atoms with van der Waals surface area (Å²) in [4.78, 5) is 12.2. The molecule has 1 aromatic carbocycles. The summed E-state index contributed by atoms with van der Waals surface area (Å²) in [6.07, 6.45) is 2.57. The van der Waals surface area contributed by atoms with Gasteiger partial charge in [0.2, 0.25) is 0 Å². The number of aromatic nitrogens is 2. The fourth-order valence-electron chi connectivity index (χ4n) is 2.02. The SMILES string of the molecule is CCCCc1c(C)n([O-])c2ccccc2[n+]1=O. The Balaban J connectivity index is 2.73. The normalized spacial score (nSPS) is 10.9. The first-order chi connectivity index (χ1) is 8.16. The van der Waals surface area contributed by atoms with Crippen molar-refractivity contribution < 1.29 is 4.43 Å². The second-order valence-corrected chi connectivity index (χ2v) is 4.21. The van der Waals surface area contributed by atoms with Crippen molar-refractivity contribution in [2.24, 2.45) is 0 Å². The summed E-state index contributed by atoms with van der Waals surface area (Å²) in [7, 11) is 0. The van der Waals surface area contributed by atoms with Crippen molar-refractivity contribution in [3.05, 3.63) is 45.8 Å². The van der Waals surface area contributed by atoms with Crippen LogP contribution >= 0.6 is 0 Å². The molecule has 0 aliphatic carbocycles. The largest absolute Gasteiger partial charge is 0.805 e. The number of para-hydroxylation sites is 2. The fourth-order valence-corrected chi connectivity index (χ4v) is 2.02. The maximum absolute atomic E-state index is 12.2. The van der Waals surface area contributed by atoms with E-state index in [1.807, 2.05) is 0 Å². The minimum atomic E-state index is 0.431. The summed E-state index contributed by atoms with van der Waals surface area (Å²) >= 11 is 0. The molecule has 0 atom stereocenters. The maximum Gasteiger partial charge on any atom is 0.286 e. The summed E-state index contributed by atoms with van der Waals surface area (Å²) in [6.45, 7) is 3.77. The average molecular weight is 232 g/mol. The fraction of sp³-hybridized carbons (Fsp3) is 0.385. The van der Waals surface area contributed by atoms with Gasteiger partial charge < -0.3 is 9.94 Å². The Morgan fingerprint density at radius 2 is 2.06 bits per heavy atom. The van der Waals surface area contributed by atoms with E-state index in [2.05, 4.69) is 6.92 Å². The van der Waals surface area contributed by atoms with E-state index in [0.29, 0.717) is 28.8 Å². The lowest BCUT2D eigenvalue weighted by Gasteiger charge is -2.16. The molecule has 2 aromatic rings. The zero-order valence-electron chi connectivity index (χ0n) is 10.1. The average Bonchev–Trinajstić information content (AvgIpc) is 2.36. The van der Waals surface area contributed by atoms with Crippen molar-refractivity contribution in [3.8, 4) is 0 Å². The van der Waals surface area contributed by atoms with Crippen molar-refractivity contribution in [2.45, 2.75) is 33.1 Å². The molecule has 0 saturated carbocycles. The zero-order valence-corrected chi connectivity index (χ0v) is 10.1. The molecule has 0 bridgehead atoms. The van der Waals surface area contributed by atoms with Gasteiger partial charge in [-0.15, -0.1) is 0 Å². The Labute approximate surface area is 99.7 Å². The minimum Gasteiger partial charge on any atom is -0.805 e. The lowest BCUT2D eigenvalue weighted by Crippen LogP contribution is -2.26. The van der Waals surface area contributed by atoms with Crippen LogP contribution in [0.1, 0.15) is 31.2 Å². The molecule has 0 N–H and O–H groups in total. The molecule has 1 aromatic heterocycles. The van der Waals surface area contributed by atoms with E-state index in [0.717, 1.165) is 22.0 Å². The highest BCUT2D eigenvalue weighted by molar-refractivity contribution is 5.72. The van der Waals surface area contributed by atoms with Crippen LogP contribution in [-0.4, -0.2) is 4.73 Å². The van der Waals surface area contributed by atoms with Gasteiger partial charge in [-0.2, -0.15) is 0 Å². The van der Waals surface area contributed by atoms with Gasteiger partial charge in [0.05, 0.1) is 10.1 Å². The topological polar surface area (TPSA) is 51.0 Å². The molecule has 90 valence electrons. The van der Waals surface area contributed by atoms with E-state index in [1.54, 1.807) is 31.2 Å². The number of hydrogen-bond acceptors (Lipinski definition) is 2. The van der Waals surface area contributed by atoms with Crippen LogP contribution in [0.15, 0.2) is 24.3 Å². The van der Waals surface area contributed by atoms with Gasteiger partial charge in [-0.05, 0) is 19.4 Å². The molecule has 0 spiro atoms. The van der Waals surface area contributed by atoms with Crippen LogP contribution in [0, 0.1) is 17.0 Å². The molecule has 17 heavy (non-hydrogen) atoms. The van der Waals surface area contributed by atoms with Crippen molar-refractivity contribution >= 4 is 11.0 Å². The molecule has 0 aliphatic heterocycles. The first kappa shape index (κ1) is 11.6. The second-order valence-electron chi connectivity index (χ2n) is 4.21. The summed E-state index contributed by atoms with van der Waals surface area (Å²) in [5.41, 5.74) is 1.96. The van der Waals surface area contributed by atoms with E-state index >= 15 is 0 Å². The molecule has 0 aliphatic rings. The van der Waals surface area contributed by atoms with Crippen LogP contribution in [0.4, 0.5) is 0 Å². The monoisotopic (exact) mass is 232 g/mol. The first-order valence-corrected chi connectivity index (χ1v) is 5.90. The predicted molar refractivity (Wildman–Crippen MR) is 67.4 cm³/mol. The third-order valence-corrected chi connectivity index (χ3v) is 3.05. The smallest absolute Gasteiger partial charge is 0.286 e. The molecule has 1 heterocycles. The van der Waals surface area contributed by atoms with Gasteiger partial charge in [0.15, 0.2) is 0 Å². The van der Waals surface area contributed by atoms with Crippen LogP contribution in [0.5, 0.6) is 0 Å². The van der Waals surface area contributed by atoms with Gasteiger partial charge in [0.25, 0.3) is 11.2 Å². The van der Waals surface area contributed by atoms with E-state index in [4.69, 9.17) is 0 Å². The molecule has 0 fully saturated rings. The van der Waals surface area contributed by atoms with Crippen LogP contribution in [0.2, 0.25) is 0 Å². The van der Waals surface area contributed by atoms with Gasteiger partial charge in [-0.1, -0.05) is 25.5 Å². The Morgan fingerprint density at radius 1 is 1.35 bits per heavy atom. The Kier molecular flexibility index (Phi) is 3.13. The quantitative estimate of drug-likeness (QED) is 0.763. The first-order valence-electron chi connectivity index (χ1n) is 5.90. The molecule has 0 radical (unpaired) electrons. The van der Waals surface area contributed by atoms with Crippen molar-refractivity contribution in [2.75, 3.05) is 0 Å². The number of unbranched alkanes of at least 4 members (excludes halogenated alkanes) is 1. The van der Waals surface area contributed by atoms with Gasteiger partial charge in [-0.25, -0.2) is 0 Å². The number of benzene rings is 1. The zero-order chi connectivity index (χ0) is 12.4. The Hall–Kier alpha value is -1.84. The molecular weight excluding hydrogens is 216 g/mol. The van der Waals surface area contributed by atoms with E-state index in [9.17, 15) is 10.1 Å².